The number of carbonyl (C=O) groups excluding carboxylic acids is 1. The van der Waals surface area contributed by atoms with Crippen LogP contribution in [-0.4, -0.2) is 21.2 Å². The maximum atomic E-state index is 13.2. The molecule has 1 heterocycles. The van der Waals surface area contributed by atoms with E-state index in [1.807, 2.05) is 0 Å². The summed E-state index contributed by atoms with van der Waals surface area (Å²) in [6.07, 6.45) is -5.23. The van der Waals surface area contributed by atoms with Crippen molar-refractivity contribution < 1.29 is 22.7 Å². The van der Waals surface area contributed by atoms with E-state index in [9.17, 15) is 18.0 Å². The highest BCUT2D eigenvalue weighted by Crippen LogP contribution is 2.36. The number of alkyl halides is 3. The summed E-state index contributed by atoms with van der Waals surface area (Å²) in [6.45, 7) is 6.47. The number of aromatic nitrogens is 2. The van der Waals surface area contributed by atoms with E-state index in [1.165, 1.54) is 31.2 Å². The first-order valence-corrected chi connectivity index (χ1v) is 8.10. The van der Waals surface area contributed by atoms with Crippen molar-refractivity contribution in [3.05, 3.63) is 34.7 Å². The highest BCUT2D eigenvalue weighted by atomic mass is 79.9. The van der Waals surface area contributed by atoms with Gasteiger partial charge in [-0.15, -0.1) is 13.2 Å². The van der Waals surface area contributed by atoms with Crippen LogP contribution in [0, 0.1) is 6.92 Å². The van der Waals surface area contributed by atoms with Crippen LogP contribution in [0.3, 0.4) is 0 Å². The quantitative estimate of drug-likeness (QED) is 0.704. The average Bonchev–Trinajstić information content (AvgIpc) is 2.72. The van der Waals surface area contributed by atoms with Crippen molar-refractivity contribution in [1.29, 1.82) is 0 Å². The summed E-state index contributed by atoms with van der Waals surface area (Å²) in [4.78, 5) is 15.6. The zero-order valence-electron chi connectivity index (χ0n) is 14.0. The van der Waals surface area contributed by atoms with Gasteiger partial charge in [0.1, 0.15) is 16.0 Å². The third kappa shape index (κ3) is 4.75. The molecule has 2 rings (SSSR count). The fourth-order valence-electron chi connectivity index (χ4n) is 2.19. The number of ether oxygens (including phenoxy) is 1. The van der Waals surface area contributed by atoms with E-state index in [0.717, 1.165) is 0 Å². The Balaban J connectivity index is 2.29. The van der Waals surface area contributed by atoms with Gasteiger partial charge < -0.3 is 4.74 Å². The van der Waals surface area contributed by atoms with Crippen molar-refractivity contribution in [2.24, 2.45) is 0 Å². The van der Waals surface area contributed by atoms with Gasteiger partial charge in [-0.05, 0) is 55.8 Å². The first kappa shape index (κ1) is 19.3. The van der Waals surface area contributed by atoms with Crippen molar-refractivity contribution in [1.82, 2.24) is 9.55 Å². The predicted molar refractivity (Wildman–Crippen MR) is 91.3 cm³/mol. The lowest BCUT2D eigenvalue weighted by Gasteiger charge is -2.19. The Morgan fingerprint density at radius 1 is 1.20 bits per heavy atom. The van der Waals surface area contributed by atoms with Crippen molar-refractivity contribution in [3.8, 4) is 11.3 Å². The highest BCUT2D eigenvalue weighted by molar-refractivity contribution is 9.10. The number of aryl methyl sites for hydroxylation is 1. The Kier molecular flexibility index (Phi) is 5.17. The SMILES string of the molecule is Cc1nc(Br)c(-c2ccc(NC(=O)OC(C)(C)C)cc2)n1C(F)(F)F. The fourth-order valence-corrected chi connectivity index (χ4v) is 2.85. The summed E-state index contributed by atoms with van der Waals surface area (Å²) in [5, 5.41) is 2.52. The second-order valence-electron chi connectivity index (χ2n) is 6.31. The van der Waals surface area contributed by atoms with E-state index in [0.29, 0.717) is 11.3 Å². The van der Waals surface area contributed by atoms with Crippen LogP contribution in [0.4, 0.5) is 23.7 Å². The largest absolute Gasteiger partial charge is 0.490 e. The second-order valence-corrected chi connectivity index (χ2v) is 7.06. The number of halogens is 4. The molecule has 0 atom stereocenters. The third-order valence-corrected chi connectivity index (χ3v) is 3.61. The van der Waals surface area contributed by atoms with Crippen molar-refractivity contribution in [2.75, 3.05) is 5.32 Å². The highest BCUT2D eigenvalue weighted by Gasteiger charge is 2.36. The van der Waals surface area contributed by atoms with Crippen LogP contribution in [0.2, 0.25) is 0 Å². The molecule has 0 aliphatic rings. The van der Waals surface area contributed by atoms with Gasteiger partial charge in [-0.3, -0.25) is 5.32 Å². The zero-order chi connectivity index (χ0) is 19.0. The topological polar surface area (TPSA) is 56.1 Å². The van der Waals surface area contributed by atoms with Gasteiger partial charge in [0.2, 0.25) is 0 Å². The first-order chi connectivity index (χ1) is 11.4. The van der Waals surface area contributed by atoms with E-state index in [4.69, 9.17) is 4.74 Å². The van der Waals surface area contributed by atoms with Crippen LogP contribution in [0.15, 0.2) is 28.9 Å². The van der Waals surface area contributed by atoms with Crippen molar-refractivity contribution in [2.45, 2.75) is 39.6 Å². The number of nitrogens with one attached hydrogen (secondary N) is 1. The Labute approximate surface area is 151 Å². The fraction of sp³-hybridized carbons (Fsp3) is 0.375. The number of amides is 1. The Bertz CT molecular complexity index is 778. The minimum atomic E-state index is -4.59. The zero-order valence-corrected chi connectivity index (χ0v) is 15.6. The summed E-state index contributed by atoms with van der Waals surface area (Å²) in [6, 6.07) is 5.93. The minimum absolute atomic E-state index is 0.0928. The van der Waals surface area contributed by atoms with Gasteiger partial charge >= 0.3 is 12.4 Å². The average molecular weight is 420 g/mol. The second kappa shape index (κ2) is 6.70. The molecule has 0 saturated carbocycles. The Morgan fingerprint density at radius 3 is 2.24 bits per heavy atom. The standard InChI is InChI=1S/C16H17BrF3N3O2/c1-9-21-13(17)12(23(9)16(18,19)20)10-5-7-11(8-6-10)22-14(24)25-15(2,3)4/h5-8H,1-4H3,(H,22,24). The lowest BCUT2D eigenvalue weighted by molar-refractivity contribution is -0.203. The van der Waals surface area contributed by atoms with E-state index in [1.54, 1.807) is 20.8 Å². The number of nitrogens with zero attached hydrogens (tertiary/aromatic N) is 2. The van der Waals surface area contributed by atoms with Crippen molar-refractivity contribution in [3.63, 3.8) is 0 Å². The van der Waals surface area contributed by atoms with Crippen LogP contribution in [0.25, 0.3) is 11.3 Å². The summed E-state index contributed by atoms with van der Waals surface area (Å²) >= 11 is 3.07. The molecule has 0 radical (unpaired) electrons. The number of anilines is 1. The Hall–Kier alpha value is -2.03. The number of hydrogen-bond acceptors (Lipinski definition) is 3. The lowest BCUT2D eigenvalue weighted by atomic mass is 10.1. The van der Waals surface area contributed by atoms with E-state index in [2.05, 4.69) is 26.2 Å². The smallest absolute Gasteiger partial charge is 0.444 e. The summed E-state index contributed by atoms with van der Waals surface area (Å²) < 4.78 is 45.2. The van der Waals surface area contributed by atoms with Gasteiger partial charge in [0.25, 0.3) is 0 Å². The lowest BCUT2D eigenvalue weighted by Crippen LogP contribution is -2.27. The maximum absolute atomic E-state index is 13.2. The molecule has 2 aromatic rings. The minimum Gasteiger partial charge on any atom is -0.444 e. The van der Waals surface area contributed by atoms with E-state index >= 15 is 0 Å². The van der Waals surface area contributed by atoms with Gasteiger partial charge in [0, 0.05) is 11.3 Å². The van der Waals surface area contributed by atoms with Gasteiger partial charge in [0.05, 0.1) is 5.69 Å². The van der Waals surface area contributed by atoms with Crippen LogP contribution in [-0.2, 0) is 11.0 Å². The summed E-state index contributed by atoms with van der Waals surface area (Å²) in [7, 11) is 0. The molecule has 0 unspecified atom stereocenters. The molecule has 0 bridgehead atoms. The summed E-state index contributed by atoms with van der Waals surface area (Å²) in [5.41, 5.74) is -0.0386. The number of carbonyl (C=O) groups is 1. The van der Waals surface area contributed by atoms with Gasteiger partial charge in [-0.1, -0.05) is 12.1 Å². The number of benzene rings is 1. The molecule has 136 valence electrons. The molecule has 5 nitrogen and oxygen atoms in total. The number of imidazole rings is 1. The summed E-state index contributed by atoms with van der Waals surface area (Å²) in [5.74, 6) is -0.176. The molecule has 0 saturated heterocycles. The van der Waals surface area contributed by atoms with Gasteiger partial charge in [-0.2, -0.15) is 0 Å². The van der Waals surface area contributed by atoms with Crippen LogP contribution in [0.5, 0.6) is 0 Å². The molecular formula is C16H17BrF3N3O2. The molecule has 25 heavy (non-hydrogen) atoms. The molecule has 1 aromatic heterocycles. The Morgan fingerprint density at radius 2 is 1.76 bits per heavy atom. The number of hydrogen-bond donors (Lipinski definition) is 1. The molecule has 0 aliphatic carbocycles. The monoisotopic (exact) mass is 419 g/mol. The normalized spacial score (nSPS) is 12.2. The molecule has 1 amide bonds. The first-order valence-electron chi connectivity index (χ1n) is 7.31. The van der Waals surface area contributed by atoms with Crippen LogP contribution < -0.4 is 5.32 Å². The molecule has 0 fully saturated rings. The molecule has 1 aromatic carbocycles. The van der Waals surface area contributed by atoms with E-state index < -0.39 is 18.0 Å². The van der Waals surface area contributed by atoms with Crippen LogP contribution >= 0.6 is 15.9 Å². The molecular weight excluding hydrogens is 403 g/mol. The molecule has 0 aliphatic heterocycles. The van der Waals surface area contributed by atoms with Gasteiger partial charge in [-0.25, -0.2) is 14.3 Å². The molecule has 0 spiro atoms. The number of rotatable bonds is 2. The van der Waals surface area contributed by atoms with E-state index in [-0.39, 0.29) is 20.7 Å². The third-order valence-electron chi connectivity index (χ3n) is 3.06. The van der Waals surface area contributed by atoms with Crippen LogP contribution in [0.1, 0.15) is 26.6 Å². The van der Waals surface area contributed by atoms with Crippen molar-refractivity contribution >= 4 is 27.7 Å². The molecule has 1 N–H and O–H groups in total. The molecule has 9 heteroatoms. The predicted octanol–water partition coefficient (Wildman–Crippen LogP) is 5.44. The van der Waals surface area contributed by atoms with Gasteiger partial charge in [0.15, 0.2) is 0 Å². The maximum Gasteiger partial charge on any atom is 0.490 e.